The van der Waals surface area contributed by atoms with Gasteiger partial charge in [-0.05, 0) is 18.6 Å². The Hall–Kier alpha value is -3.46. The predicted molar refractivity (Wildman–Crippen MR) is 109 cm³/mol. The summed E-state index contributed by atoms with van der Waals surface area (Å²) in [5, 5.41) is 13.3. The van der Waals surface area contributed by atoms with E-state index in [1.54, 1.807) is 25.1 Å². The number of rotatable bonds is 6. The van der Waals surface area contributed by atoms with Gasteiger partial charge in [0.15, 0.2) is 5.69 Å². The first-order chi connectivity index (χ1) is 14.0. The zero-order valence-corrected chi connectivity index (χ0v) is 16.3. The molecule has 0 aliphatic rings. The lowest BCUT2D eigenvalue weighted by Crippen LogP contribution is -2.24. The summed E-state index contributed by atoms with van der Waals surface area (Å²) in [7, 11) is 0. The summed E-state index contributed by atoms with van der Waals surface area (Å²) in [6.07, 6.45) is 0. The number of hydrogen-bond acceptors (Lipinski definition) is 7. The lowest BCUT2D eigenvalue weighted by Gasteiger charge is -2.09. The van der Waals surface area contributed by atoms with Crippen LogP contribution in [-0.4, -0.2) is 31.1 Å². The summed E-state index contributed by atoms with van der Waals surface area (Å²) >= 11 is 1.07. The van der Waals surface area contributed by atoms with Gasteiger partial charge in [-0.15, -0.1) is 10.2 Å². The Morgan fingerprint density at radius 1 is 1.10 bits per heavy atom. The molecule has 0 spiro atoms. The molecule has 1 atom stereocenters. The molecule has 0 saturated heterocycles. The fourth-order valence-electron chi connectivity index (χ4n) is 2.82. The summed E-state index contributed by atoms with van der Waals surface area (Å²) in [4.78, 5) is 24.2. The SMILES string of the molecule is CC(Sc1nnc(-c2nn(Cc3ccccc3)c(=O)c3ccccc23)o1)C(N)=O. The van der Waals surface area contributed by atoms with Gasteiger partial charge in [-0.2, -0.15) is 5.10 Å². The van der Waals surface area contributed by atoms with Crippen molar-refractivity contribution in [3.05, 3.63) is 70.5 Å². The molecule has 8 nitrogen and oxygen atoms in total. The van der Waals surface area contributed by atoms with Gasteiger partial charge in [0.25, 0.3) is 16.7 Å². The van der Waals surface area contributed by atoms with E-state index < -0.39 is 11.2 Å². The molecule has 29 heavy (non-hydrogen) atoms. The molecule has 2 aromatic heterocycles. The minimum atomic E-state index is -0.514. The summed E-state index contributed by atoms with van der Waals surface area (Å²) in [6.45, 7) is 1.97. The van der Waals surface area contributed by atoms with E-state index in [4.69, 9.17) is 10.2 Å². The van der Waals surface area contributed by atoms with E-state index >= 15 is 0 Å². The first-order valence-corrected chi connectivity index (χ1v) is 9.74. The molecule has 0 radical (unpaired) electrons. The number of amides is 1. The van der Waals surface area contributed by atoms with E-state index in [0.29, 0.717) is 23.0 Å². The van der Waals surface area contributed by atoms with E-state index in [0.717, 1.165) is 17.3 Å². The number of thioether (sulfide) groups is 1. The van der Waals surface area contributed by atoms with Gasteiger partial charge in [-0.25, -0.2) is 4.68 Å². The third kappa shape index (κ3) is 3.90. The number of fused-ring (bicyclic) bond motifs is 1. The number of primary amides is 1. The lowest BCUT2D eigenvalue weighted by atomic mass is 10.1. The minimum absolute atomic E-state index is 0.169. The van der Waals surface area contributed by atoms with Crippen molar-refractivity contribution in [1.29, 1.82) is 0 Å². The second-order valence-corrected chi connectivity index (χ2v) is 7.67. The zero-order chi connectivity index (χ0) is 20.4. The molecule has 4 rings (SSSR count). The quantitative estimate of drug-likeness (QED) is 0.488. The Morgan fingerprint density at radius 2 is 1.79 bits per heavy atom. The number of nitrogens with two attached hydrogens (primary N) is 1. The van der Waals surface area contributed by atoms with Crippen molar-refractivity contribution >= 4 is 28.4 Å². The van der Waals surface area contributed by atoms with Crippen molar-refractivity contribution in [3.63, 3.8) is 0 Å². The van der Waals surface area contributed by atoms with Crippen molar-refractivity contribution in [2.75, 3.05) is 0 Å². The van der Waals surface area contributed by atoms with Gasteiger partial charge >= 0.3 is 0 Å². The Balaban J connectivity index is 1.80. The molecule has 0 aliphatic carbocycles. The molecule has 2 N–H and O–H groups in total. The normalized spacial score (nSPS) is 12.2. The minimum Gasteiger partial charge on any atom is -0.409 e. The molecular formula is C20H17N5O3S. The Kier molecular flexibility index (Phi) is 5.13. The topological polar surface area (TPSA) is 117 Å². The fraction of sp³-hybridized carbons (Fsp3) is 0.150. The van der Waals surface area contributed by atoms with Crippen LogP contribution in [0, 0.1) is 0 Å². The van der Waals surface area contributed by atoms with E-state index in [2.05, 4.69) is 15.3 Å². The Bertz CT molecular complexity index is 1240. The van der Waals surface area contributed by atoms with Crippen LogP contribution in [-0.2, 0) is 11.3 Å². The second kappa shape index (κ2) is 7.88. The highest BCUT2D eigenvalue weighted by molar-refractivity contribution is 8.00. The van der Waals surface area contributed by atoms with E-state index in [1.807, 2.05) is 36.4 Å². The maximum Gasteiger partial charge on any atom is 0.277 e. The summed E-state index contributed by atoms with van der Waals surface area (Å²) in [5.74, 6) is -0.308. The number of carbonyl (C=O) groups excluding carboxylic acids is 1. The van der Waals surface area contributed by atoms with Crippen molar-refractivity contribution in [2.45, 2.75) is 23.9 Å². The van der Waals surface area contributed by atoms with Crippen LogP contribution < -0.4 is 11.3 Å². The molecule has 0 fully saturated rings. The smallest absolute Gasteiger partial charge is 0.277 e. The van der Waals surface area contributed by atoms with Gasteiger partial charge in [0.1, 0.15) is 0 Å². The van der Waals surface area contributed by atoms with Crippen molar-refractivity contribution in [2.24, 2.45) is 5.73 Å². The molecule has 0 saturated carbocycles. The van der Waals surface area contributed by atoms with E-state index in [9.17, 15) is 9.59 Å². The Morgan fingerprint density at radius 3 is 2.52 bits per heavy atom. The second-order valence-electron chi connectivity index (χ2n) is 6.38. The Labute approximate surface area is 169 Å². The number of aromatic nitrogens is 4. The molecule has 4 aromatic rings. The highest BCUT2D eigenvalue weighted by atomic mass is 32.2. The zero-order valence-electron chi connectivity index (χ0n) is 15.5. The molecule has 2 aromatic carbocycles. The average molecular weight is 407 g/mol. The van der Waals surface area contributed by atoms with Crippen molar-refractivity contribution in [1.82, 2.24) is 20.0 Å². The van der Waals surface area contributed by atoms with Crippen molar-refractivity contribution < 1.29 is 9.21 Å². The van der Waals surface area contributed by atoms with Gasteiger partial charge in [-0.1, -0.05) is 60.3 Å². The molecule has 1 amide bonds. The molecule has 2 heterocycles. The predicted octanol–water partition coefficient (Wildman–Crippen LogP) is 2.46. The highest BCUT2D eigenvalue weighted by Crippen LogP contribution is 2.28. The maximum atomic E-state index is 12.9. The van der Waals surface area contributed by atoms with Gasteiger partial charge < -0.3 is 10.2 Å². The molecule has 0 bridgehead atoms. The number of nitrogens with zero attached hydrogens (tertiary/aromatic N) is 4. The van der Waals surface area contributed by atoms with Crippen LogP contribution in [0.3, 0.4) is 0 Å². The average Bonchev–Trinajstić information content (AvgIpc) is 3.19. The van der Waals surface area contributed by atoms with Crippen LogP contribution in [0.2, 0.25) is 0 Å². The highest BCUT2D eigenvalue weighted by Gasteiger charge is 2.20. The number of benzene rings is 2. The monoisotopic (exact) mass is 407 g/mol. The molecule has 9 heteroatoms. The molecule has 1 unspecified atom stereocenters. The van der Waals surface area contributed by atoms with Crippen LogP contribution in [0.4, 0.5) is 0 Å². The summed E-state index contributed by atoms with van der Waals surface area (Å²) in [6, 6.07) is 16.7. The third-order valence-corrected chi connectivity index (χ3v) is 5.28. The molecular weight excluding hydrogens is 390 g/mol. The van der Waals surface area contributed by atoms with Crippen LogP contribution >= 0.6 is 11.8 Å². The van der Waals surface area contributed by atoms with E-state index in [1.165, 1.54) is 4.68 Å². The van der Waals surface area contributed by atoms with Crippen LogP contribution in [0.15, 0.2) is 69.0 Å². The largest absolute Gasteiger partial charge is 0.409 e. The molecule has 0 aliphatic heterocycles. The van der Waals surface area contributed by atoms with Crippen LogP contribution in [0.1, 0.15) is 12.5 Å². The summed E-state index contributed by atoms with van der Waals surface area (Å²) < 4.78 is 7.08. The van der Waals surface area contributed by atoms with Gasteiger partial charge in [0.2, 0.25) is 5.91 Å². The van der Waals surface area contributed by atoms with Gasteiger partial charge in [0.05, 0.1) is 17.2 Å². The van der Waals surface area contributed by atoms with Crippen molar-refractivity contribution in [3.8, 4) is 11.6 Å². The molecule has 146 valence electrons. The third-order valence-electron chi connectivity index (χ3n) is 4.33. The number of hydrogen-bond donors (Lipinski definition) is 1. The van der Waals surface area contributed by atoms with Crippen LogP contribution in [0.5, 0.6) is 0 Å². The number of carbonyl (C=O) groups is 1. The van der Waals surface area contributed by atoms with Crippen LogP contribution in [0.25, 0.3) is 22.4 Å². The van der Waals surface area contributed by atoms with Gasteiger partial charge in [-0.3, -0.25) is 9.59 Å². The first kappa shape index (κ1) is 18.9. The lowest BCUT2D eigenvalue weighted by molar-refractivity contribution is -0.117. The first-order valence-electron chi connectivity index (χ1n) is 8.86. The maximum absolute atomic E-state index is 12.9. The summed E-state index contributed by atoms with van der Waals surface area (Å²) in [5.41, 5.74) is 6.43. The van der Waals surface area contributed by atoms with Gasteiger partial charge in [0, 0.05) is 5.39 Å². The van der Waals surface area contributed by atoms with E-state index in [-0.39, 0.29) is 16.7 Å². The fourth-order valence-corrected chi connectivity index (χ4v) is 3.45. The standard InChI is InChI=1S/C20H17N5O3S/c1-12(17(21)26)29-20-23-22-18(28-20)16-14-9-5-6-10-15(14)19(27)25(24-16)11-13-7-3-2-4-8-13/h2-10,12H,11H2,1H3,(H2,21,26).